The average molecular weight is 949 g/mol. The molecule has 0 amide bonds. The normalized spacial score (nSPS) is 12.4. The summed E-state index contributed by atoms with van der Waals surface area (Å²) in [6, 6.07) is 27.5. The van der Waals surface area contributed by atoms with Crippen LogP contribution in [0.1, 0.15) is 125 Å². The second kappa shape index (κ2) is 21.5. The Kier molecular flexibility index (Phi) is 17.5. The number of hydrogen-bond acceptors (Lipinski definition) is 2. The summed E-state index contributed by atoms with van der Waals surface area (Å²) in [5.41, 5.74) is 6.45. The molecule has 52 heavy (non-hydrogen) atoms. The Morgan fingerprint density at radius 2 is 0.654 bits per heavy atom. The number of rotatable bonds is 24. The minimum atomic E-state index is -2.20. The summed E-state index contributed by atoms with van der Waals surface area (Å²) >= 11 is 0.0441. The predicted octanol–water partition coefficient (Wildman–Crippen LogP) is 15.0. The van der Waals surface area contributed by atoms with E-state index >= 15 is 0 Å². The fourth-order valence-electron chi connectivity index (χ4n) is 7.83. The molecule has 0 bridgehead atoms. The van der Waals surface area contributed by atoms with E-state index in [1.54, 1.807) is 37.1 Å². The van der Waals surface area contributed by atoms with Crippen LogP contribution < -0.4 is 5.79 Å². The van der Waals surface area contributed by atoms with Crippen LogP contribution in [0.3, 0.4) is 0 Å². The molecule has 2 heterocycles. The van der Waals surface area contributed by atoms with E-state index in [2.05, 4.69) is 125 Å². The van der Waals surface area contributed by atoms with Crippen molar-refractivity contribution in [3.05, 3.63) is 95.1 Å². The summed E-state index contributed by atoms with van der Waals surface area (Å²) in [6.07, 6.45) is 27.2. The summed E-state index contributed by atoms with van der Waals surface area (Å²) in [6.45, 7) is 0. The van der Waals surface area contributed by atoms with Crippen LogP contribution in [0.5, 0.6) is 0 Å². The quantitative estimate of drug-likeness (QED) is 0.0427. The Labute approximate surface area is 335 Å². The Balaban J connectivity index is 1.16. The maximum atomic E-state index is 2.72. The fourth-order valence-corrected chi connectivity index (χ4v) is 20.8. The second-order valence-corrected chi connectivity index (χ2v) is 50.7. The first kappa shape index (κ1) is 42.3. The van der Waals surface area contributed by atoms with Crippen LogP contribution in [-0.2, 0) is 25.7 Å². The molecule has 0 atom stereocenters. The van der Waals surface area contributed by atoms with Gasteiger partial charge in [-0.15, -0.1) is 0 Å². The average Bonchev–Trinajstić information content (AvgIpc) is 3.78. The van der Waals surface area contributed by atoms with Gasteiger partial charge in [-0.05, 0) is 36.8 Å². The predicted molar refractivity (Wildman–Crippen MR) is 245 cm³/mol. The summed E-state index contributed by atoms with van der Waals surface area (Å²) in [5, 5.41) is 3.33. The van der Waals surface area contributed by atoms with Crippen LogP contribution in [0.25, 0.3) is 20.2 Å². The molecular formula is C48H70S2Sn2. The Morgan fingerprint density at radius 1 is 0.365 bits per heavy atom. The molecule has 5 rings (SSSR count). The van der Waals surface area contributed by atoms with Crippen LogP contribution in [0, 0.1) is 0 Å². The molecule has 0 aliphatic carbocycles. The third-order valence-corrected chi connectivity index (χ3v) is 32.4. The molecule has 5 aromatic rings. The van der Waals surface area contributed by atoms with Gasteiger partial charge in [0.1, 0.15) is 0 Å². The molecule has 0 fully saturated rings. The Hall–Kier alpha value is -0.823. The van der Waals surface area contributed by atoms with Crippen LogP contribution >= 0.6 is 22.7 Å². The number of fused-ring (bicyclic) bond motifs is 2. The Bertz CT molecular complexity index is 1570. The van der Waals surface area contributed by atoms with Crippen molar-refractivity contribution in [3.63, 3.8) is 0 Å². The van der Waals surface area contributed by atoms with E-state index < -0.39 is 36.8 Å². The summed E-state index contributed by atoms with van der Waals surface area (Å²) in [5.74, 6) is 0. The van der Waals surface area contributed by atoms with Crippen LogP contribution in [-0.4, -0.2) is 36.8 Å². The first-order valence-corrected chi connectivity index (χ1v) is 42.8. The van der Waals surface area contributed by atoms with Crippen LogP contribution in [0.2, 0.25) is 29.6 Å². The molecule has 0 saturated heterocycles. The number of benzene rings is 3. The summed E-state index contributed by atoms with van der Waals surface area (Å²) < 4.78 is 6.93. The van der Waals surface area contributed by atoms with Gasteiger partial charge in [0, 0.05) is 0 Å². The zero-order valence-corrected chi connectivity index (χ0v) is 41.2. The van der Waals surface area contributed by atoms with E-state index in [1.165, 1.54) is 140 Å². The molecule has 0 radical (unpaired) electrons. The van der Waals surface area contributed by atoms with E-state index in [0.29, 0.717) is 0 Å². The van der Waals surface area contributed by atoms with Gasteiger partial charge >= 0.3 is 241 Å². The van der Waals surface area contributed by atoms with Gasteiger partial charge in [-0.3, -0.25) is 0 Å². The number of aryl methyl sites for hydroxylation is 4. The monoisotopic (exact) mass is 950 g/mol. The third kappa shape index (κ3) is 13.1. The molecule has 2 aromatic heterocycles. The number of hydrogen-bond donors (Lipinski definition) is 0. The minimum absolute atomic E-state index is 1.24. The summed E-state index contributed by atoms with van der Waals surface area (Å²) in [7, 11) is 0. The molecule has 0 aliphatic rings. The molecule has 0 spiro atoms. The van der Waals surface area contributed by atoms with Gasteiger partial charge in [-0.2, -0.15) is 0 Å². The van der Waals surface area contributed by atoms with Gasteiger partial charge < -0.3 is 0 Å². The van der Waals surface area contributed by atoms with Crippen molar-refractivity contribution >= 4 is 85.4 Å². The van der Waals surface area contributed by atoms with E-state index in [1.807, 2.05) is 0 Å². The molecule has 282 valence electrons. The van der Waals surface area contributed by atoms with Gasteiger partial charge in [0.2, 0.25) is 0 Å². The Morgan fingerprint density at radius 3 is 0.962 bits per heavy atom. The van der Waals surface area contributed by atoms with E-state index in [4.69, 9.17) is 0 Å². The molecule has 0 aliphatic heterocycles. The molecule has 4 heteroatoms. The molecular weight excluding hydrogens is 878 g/mol. The number of unbranched alkanes of at least 4 members (excludes halogenated alkanes) is 14. The van der Waals surface area contributed by atoms with E-state index in [0.717, 1.165) is 0 Å². The van der Waals surface area contributed by atoms with Crippen molar-refractivity contribution in [2.45, 2.75) is 158 Å². The molecule has 3 aromatic carbocycles. The van der Waals surface area contributed by atoms with Crippen LogP contribution in [0.4, 0.5) is 0 Å². The van der Waals surface area contributed by atoms with Crippen molar-refractivity contribution < 1.29 is 0 Å². The van der Waals surface area contributed by atoms with Crippen molar-refractivity contribution in [2.24, 2.45) is 0 Å². The third-order valence-electron chi connectivity index (χ3n) is 11.1. The van der Waals surface area contributed by atoms with Crippen LogP contribution in [0.15, 0.2) is 72.8 Å². The van der Waals surface area contributed by atoms with E-state index in [-0.39, 0.29) is 0 Å². The fraction of sp³-hybridized carbons (Fsp3) is 0.542. The van der Waals surface area contributed by atoms with Crippen molar-refractivity contribution in [3.8, 4) is 0 Å². The van der Waals surface area contributed by atoms with Gasteiger partial charge in [-0.1, -0.05) is 60.7 Å². The molecule has 0 N–H and O–H groups in total. The molecule has 0 saturated carbocycles. The number of thiophene rings is 2. The van der Waals surface area contributed by atoms with Gasteiger partial charge in [0.05, 0.1) is 0 Å². The van der Waals surface area contributed by atoms with Crippen molar-refractivity contribution in [2.75, 3.05) is 0 Å². The maximum absolute atomic E-state index is 2.72. The van der Waals surface area contributed by atoms with Gasteiger partial charge in [0.15, 0.2) is 0 Å². The van der Waals surface area contributed by atoms with Crippen molar-refractivity contribution in [1.29, 1.82) is 0 Å². The molecule has 0 nitrogen and oxygen atoms in total. The van der Waals surface area contributed by atoms with Gasteiger partial charge in [-0.25, -0.2) is 0 Å². The first-order valence-electron chi connectivity index (χ1n) is 21.2. The zero-order valence-electron chi connectivity index (χ0n) is 33.9. The first-order chi connectivity index (χ1) is 25.1. The molecule has 0 unspecified atom stereocenters. The van der Waals surface area contributed by atoms with Crippen molar-refractivity contribution in [1.82, 2.24) is 0 Å². The second-order valence-electron chi connectivity index (χ2n) is 17.8. The topological polar surface area (TPSA) is 0 Å². The SMILES string of the molecule is [CH3][Sn]([CH3])([CH3])[c]1cc2c(CCCCCCCCCCc3ccccc3)c3s[c]([Sn]([CH3])([CH3])[CH3])cc3c(CCCCCCCCCCc3ccccc3)c2s1. The standard InChI is InChI=1S/C42H52S2.6CH3.2Sn/c1(5-9-15-23-35-25-17-13-18-26-35)3-7-11-21-29-37-39-31-33-44-42(39)38(40-32-34-43-41(37)40)30-22-12-8-4-2-6-10-16-24-36-27-19-14-20-28-36;;;;;;;;/h13-14,17-20,25-28,31-32H,1-12,15-16,21-24,29-30H2;6*1H3;;. The summed E-state index contributed by atoms with van der Waals surface area (Å²) in [4.78, 5) is 15.7. The zero-order chi connectivity index (χ0) is 36.8. The van der Waals surface area contributed by atoms with E-state index in [9.17, 15) is 0 Å². The van der Waals surface area contributed by atoms with Gasteiger partial charge in [0.25, 0.3) is 0 Å².